The number of rotatable bonds is 2. The summed E-state index contributed by atoms with van der Waals surface area (Å²) in [5, 5.41) is 0. The summed E-state index contributed by atoms with van der Waals surface area (Å²) in [6.45, 7) is 6.01. The number of hydrazine groups is 1. The molecule has 1 aliphatic heterocycles. The van der Waals surface area contributed by atoms with Crippen LogP contribution in [0.1, 0.15) is 17.0 Å². The SMILES string of the molecule is Cc1nc(NN)c(C)c(N2CCOc3ccccc3C2)n1. The summed E-state index contributed by atoms with van der Waals surface area (Å²) in [7, 11) is 0. The fourth-order valence-corrected chi connectivity index (χ4v) is 2.57. The third kappa shape index (κ3) is 2.62. The molecule has 0 aliphatic carbocycles. The summed E-state index contributed by atoms with van der Waals surface area (Å²) in [6, 6.07) is 8.10. The van der Waals surface area contributed by atoms with Crippen LogP contribution < -0.4 is 20.9 Å². The second-order valence-electron chi connectivity index (χ2n) is 5.09. The third-order valence-corrected chi connectivity index (χ3v) is 3.62. The van der Waals surface area contributed by atoms with Crippen molar-refractivity contribution in [3.63, 3.8) is 0 Å². The summed E-state index contributed by atoms with van der Waals surface area (Å²) >= 11 is 0. The molecule has 0 saturated heterocycles. The van der Waals surface area contributed by atoms with Crippen LogP contribution in [0.3, 0.4) is 0 Å². The van der Waals surface area contributed by atoms with Crippen molar-refractivity contribution in [2.45, 2.75) is 20.4 Å². The van der Waals surface area contributed by atoms with E-state index in [0.29, 0.717) is 18.2 Å². The van der Waals surface area contributed by atoms with Gasteiger partial charge in [0.1, 0.15) is 29.8 Å². The molecule has 1 aromatic heterocycles. The van der Waals surface area contributed by atoms with E-state index in [1.54, 1.807) is 0 Å². The van der Waals surface area contributed by atoms with E-state index in [-0.39, 0.29) is 0 Å². The fourth-order valence-electron chi connectivity index (χ4n) is 2.57. The molecule has 6 nitrogen and oxygen atoms in total. The maximum absolute atomic E-state index is 5.80. The Morgan fingerprint density at radius 1 is 1.24 bits per heavy atom. The molecule has 0 amide bonds. The molecule has 0 bridgehead atoms. The highest BCUT2D eigenvalue weighted by Crippen LogP contribution is 2.28. The van der Waals surface area contributed by atoms with E-state index in [1.165, 1.54) is 0 Å². The van der Waals surface area contributed by atoms with Gasteiger partial charge in [0.2, 0.25) is 0 Å². The minimum absolute atomic E-state index is 0.630. The van der Waals surface area contributed by atoms with E-state index in [4.69, 9.17) is 10.6 Å². The van der Waals surface area contributed by atoms with Crippen molar-refractivity contribution in [3.8, 4) is 5.75 Å². The topological polar surface area (TPSA) is 76.3 Å². The van der Waals surface area contributed by atoms with Gasteiger partial charge in [-0.1, -0.05) is 18.2 Å². The number of hydrogen-bond donors (Lipinski definition) is 2. The molecule has 6 heteroatoms. The van der Waals surface area contributed by atoms with E-state index < -0.39 is 0 Å². The predicted octanol–water partition coefficient (Wildman–Crippen LogP) is 1.78. The first-order valence-electron chi connectivity index (χ1n) is 6.96. The summed E-state index contributed by atoms with van der Waals surface area (Å²) in [5.41, 5.74) is 4.75. The predicted molar refractivity (Wildman–Crippen MR) is 82.3 cm³/mol. The average molecular weight is 285 g/mol. The number of aromatic nitrogens is 2. The maximum Gasteiger partial charge on any atom is 0.148 e. The van der Waals surface area contributed by atoms with Gasteiger partial charge in [0.25, 0.3) is 0 Å². The van der Waals surface area contributed by atoms with Crippen LogP contribution in [-0.4, -0.2) is 23.1 Å². The molecule has 0 saturated carbocycles. The molecule has 1 aliphatic rings. The standard InChI is InChI=1S/C15H19N5O/c1-10-14(19-16)17-11(2)18-15(10)20-7-8-21-13-6-4-3-5-12(13)9-20/h3-6H,7-9,16H2,1-2H3,(H,17,18,19). The number of aryl methyl sites for hydroxylation is 1. The third-order valence-electron chi connectivity index (χ3n) is 3.62. The first-order valence-corrected chi connectivity index (χ1v) is 6.96. The van der Waals surface area contributed by atoms with Crippen LogP contribution in [0.2, 0.25) is 0 Å². The number of nitrogens with zero attached hydrogens (tertiary/aromatic N) is 3. The van der Waals surface area contributed by atoms with Crippen LogP contribution in [0.25, 0.3) is 0 Å². The lowest BCUT2D eigenvalue weighted by Gasteiger charge is -2.24. The van der Waals surface area contributed by atoms with Gasteiger partial charge in [-0.05, 0) is 19.9 Å². The first kappa shape index (κ1) is 13.6. The molecule has 0 fully saturated rings. The lowest BCUT2D eigenvalue weighted by atomic mass is 10.2. The summed E-state index contributed by atoms with van der Waals surface area (Å²) in [5.74, 6) is 8.74. The monoisotopic (exact) mass is 285 g/mol. The highest BCUT2D eigenvalue weighted by molar-refractivity contribution is 5.59. The molecule has 3 N–H and O–H groups in total. The van der Waals surface area contributed by atoms with Crippen molar-refractivity contribution in [2.75, 3.05) is 23.5 Å². The number of fused-ring (bicyclic) bond motifs is 1. The molecule has 0 unspecified atom stereocenters. The number of benzene rings is 1. The number of para-hydroxylation sites is 1. The van der Waals surface area contributed by atoms with Gasteiger partial charge >= 0.3 is 0 Å². The normalized spacial score (nSPS) is 14.1. The Bertz CT molecular complexity index is 659. The minimum atomic E-state index is 0.630. The van der Waals surface area contributed by atoms with Gasteiger partial charge in [-0.25, -0.2) is 15.8 Å². The Hall–Kier alpha value is -2.34. The highest BCUT2D eigenvalue weighted by Gasteiger charge is 2.20. The largest absolute Gasteiger partial charge is 0.491 e. The molecule has 0 spiro atoms. The first-order chi connectivity index (χ1) is 10.2. The van der Waals surface area contributed by atoms with Crippen molar-refractivity contribution < 1.29 is 4.74 Å². The van der Waals surface area contributed by atoms with Gasteiger partial charge in [-0.3, -0.25) is 0 Å². The lowest BCUT2D eigenvalue weighted by Crippen LogP contribution is -2.28. The number of nitrogen functional groups attached to an aromatic ring is 1. The Balaban J connectivity index is 1.99. The lowest BCUT2D eigenvalue weighted by molar-refractivity contribution is 0.331. The van der Waals surface area contributed by atoms with Crippen molar-refractivity contribution in [2.24, 2.45) is 5.84 Å². The number of ether oxygens (including phenoxy) is 1. The highest BCUT2D eigenvalue weighted by atomic mass is 16.5. The second kappa shape index (κ2) is 5.57. The fraction of sp³-hybridized carbons (Fsp3) is 0.333. The Morgan fingerprint density at radius 3 is 2.86 bits per heavy atom. The zero-order valence-electron chi connectivity index (χ0n) is 12.3. The van der Waals surface area contributed by atoms with E-state index in [2.05, 4.69) is 26.4 Å². The van der Waals surface area contributed by atoms with E-state index in [0.717, 1.165) is 35.8 Å². The van der Waals surface area contributed by atoms with E-state index in [9.17, 15) is 0 Å². The van der Waals surface area contributed by atoms with Crippen molar-refractivity contribution in [1.82, 2.24) is 9.97 Å². The van der Waals surface area contributed by atoms with E-state index in [1.807, 2.05) is 32.0 Å². The number of hydrogen-bond acceptors (Lipinski definition) is 6. The van der Waals surface area contributed by atoms with Crippen LogP contribution >= 0.6 is 0 Å². The number of anilines is 2. The molecule has 21 heavy (non-hydrogen) atoms. The Kier molecular flexibility index (Phi) is 3.62. The van der Waals surface area contributed by atoms with Crippen LogP contribution in [0.5, 0.6) is 5.75 Å². The second-order valence-corrected chi connectivity index (χ2v) is 5.09. The zero-order valence-corrected chi connectivity index (χ0v) is 12.3. The van der Waals surface area contributed by atoms with Gasteiger partial charge in [0.05, 0.1) is 6.54 Å². The van der Waals surface area contributed by atoms with Crippen molar-refractivity contribution in [1.29, 1.82) is 0 Å². The summed E-state index contributed by atoms with van der Waals surface area (Å²) in [4.78, 5) is 11.1. The Labute approximate surface area is 123 Å². The smallest absolute Gasteiger partial charge is 0.148 e. The van der Waals surface area contributed by atoms with Gasteiger partial charge < -0.3 is 15.1 Å². The van der Waals surface area contributed by atoms with Crippen molar-refractivity contribution in [3.05, 3.63) is 41.2 Å². The quantitative estimate of drug-likeness (QED) is 0.647. The summed E-state index contributed by atoms with van der Waals surface area (Å²) in [6.07, 6.45) is 0. The van der Waals surface area contributed by atoms with Crippen LogP contribution in [0, 0.1) is 13.8 Å². The number of nitrogens with two attached hydrogens (primary N) is 1. The molecule has 110 valence electrons. The molecular formula is C15H19N5O. The van der Waals surface area contributed by atoms with Gasteiger partial charge in [0.15, 0.2) is 0 Å². The zero-order chi connectivity index (χ0) is 14.8. The number of nitrogens with one attached hydrogen (secondary N) is 1. The molecular weight excluding hydrogens is 266 g/mol. The average Bonchev–Trinajstić information content (AvgIpc) is 2.71. The molecule has 2 heterocycles. The summed E-state index contributed by atoms with van der Waals surface area (Å²) < 4.78 is 5.80. The van der Waals surface area contributed by atoms with Gasteiger partial charge in [-0.2, -0.15) is 0 Å². The van der Waals surface area contributed by atoms with Crippen molar-refractivity contribution >= 4 is 11.6 Å². The van der Waals surface area contributed by atoms with Gasteiger partial charge in [-0.15, -0.1) is 0 Å². The minimum Gasteiger partial charge on any atom is -0.491 e. The van der Waals surface area contributed by atoms with Crippen LogP contribution in [0.4, 0.5) is 11.6 Å². The molecule has 3 rings (SSSR count). The van der Waals surface area contributed by atoms with Gasteiger partial charge in [0, 0.05) is 17.7 Å². The molecule has 0 radical (unpaired) electrons. The van der Waals surface area contributed by atoms with E-state index >= 15 is 0 Å². The van der Waals surface area contributed by atoms with Crippen LogP contribution in [0.15, 0.2) is 24.3 Å². The molecule has 2 aromatic rings. The molecule has 1 aromatic carbocycles. The maximum atomic E-state index is 5.80. The molecule has 0 atom stereocenters. The Morgan fingerprint density at radius 2 is 2.05 bits per heavy atom. The van der Waals surface area contributed by atoms with Crippen LogP contribution in [-0.2, 0) is 6.54 Å².